The first-order chi connectivity index (χ1) is 9.47. The average molecular weight is 295 g/mol. The largest absolute Gasteiger partial charge is 0.478 e. The molecule has 1 aromatic carbocycles. The summed E-state index contributed by atoms with van der Waals surface area (Å²) < 4.78 is 13.1. The minimum Gasteiger partial charge on any atom is -0.478 e. The molecule has 0 spiro atoms. The second-order valence-corrected chi connectivity index (χ2v) is 4.22. The van der Waals surface area contributed by atoms with Gasteiger partial charge in [-0.25, -0.2) is 9.18 Å². The number of hydrogen-bond donors (Lipinski definition) is 2. The predicted octanol–water partition coefficient (Wildman–Crippen LogP) is 2.82. The van der Waals surface area contributed by atoms with Gasteiger partial charge < -0.3 is 10.4 Å². The van der Waals surface area contributed by atoms with Crippen LogP contribution in [0.15, 0.2) is 36.5 Å². The van der Waals surface area contributed by atoms with Gasteiger partial charge in [-0.05, 0) is 30.3 Å². The number of carboxylic acids is 1. The van der Waals surface area contributed by atoms with Crippen molar-refractivity contribution in [1.29, 1.82) is 0 Å². The van der Waals surface area contributed by atoms with Crippen molar-refractivity contribution >= 4 is 29.2 Å². The number of nitrogens with zero attached hydrogens (tertiary/aromatic N) is 1. The molecule has 5 nitrogen and oxygen atoms in total. The lowest BCUT2D eigenvalue weighted by Crippen LogP contribution is -2.14. The highest BCUT2D eigenvalue weighted by molar-refractivity contribution is 6.33. The molecule has 1 heterocycles. The van der Waals surface area contributed by atoms with Crippen LogP contribution in [-0.2, 0) is 0 Å². The van der Waals surface area contributed by atoms with Crippen LogP contribution >= 0.6 is 11.6 Å². The number of pyridine rings is 1. The van der Waals surface area contributed by atoms with E-state index in [9.17, 15) is 14.0 Å². The zero-order valence-electron chi connectivity index (χ0n) is 9.93. The van der Waals surface area contributed by atoms with E-state index in [0.29, 0.717) is 0 Å². The van der Waals surface area contributed by atoms with Gasteiger partial charge in [0.1, 0.15) is 11.5 Å². The van der Waals surface area contributed by atoms with E-state index in [2.05, 4.69) is 10.3 Å². The highest BCUT2D eigenvalue weighted by Crippen LogP contribution is 2.22. The molecule has 0 saturated carbocycles. The first-order valence-electron chi connectivity index (χ1n) is 5.43. The van der Waals surface area contributed by atoms with Crippen LogP contribution in [0.3, 0.4) is 0 Å². The van der Waals surface area contributed by atoms with E-state index in [1.165, 1.54) is 18.2 Å². The molecule has 0 fully saturated rings. The number of hydrogen-bond acceptors (Lipinski definition) is 3. The summed E-state index contributed by atoms with van der Waals surface area (Å²) >= 11 is 5.82. The van der Waals surface area contributed by atoms with Gasteiger partial charge in [-0.15, -0.1) is 0 Å². The SMILES string of the molecule is O=C(O)c1ccc(C(=O)Nc2cc(F)ccc2Cl)nc1. The molecule has 2 rings (SSSR count). The zero-order valence-corrected chi connectivity index (χ0v) is 10.7. The van der Waals surface area contributed by atoms with Crippen molar-refractivity contribution in [2.75, 3.05) is 5.32 Å². The predicted molar refractivity (Wildman–Crippen MR) is 70.6 cm³/mol. The Hall–Kier alpha value is -2.47. The number of halogens is 2. The molecule has 0 bridgehead atoms. The molecular weight excluding hydrogens is 287 g/mol. The fourth-order valence-electron chi connectivity index (χ4n) is 1.43. The molecule has 0 unspecified atom stereocenters. The fourth-order valence-corrected chi connectivity index (χ4v) is 1.60. The van der Waals surface area contributed by atoms with Crippen LogP contribution in [0.2, 0.25) is 5.02 Å². The van der Waals surface area contributed by atoms with E-state index >= 15 is 0 Å². The molecule has 0 aliphatic heterocycles. The Kier molecular flexibility index (Phi) is 3.95. The Morgan fingerprint density at radius 2 is 2.00 bits per heavy atom. The highest BCUT2D eigenvalue weighted by Gasteiger charge is 2.12. The Labute approximate surface area is 118 Å². The Balaban J connectivity index is 2.19. The summed E-state index contributed by atoms with van der Waals surface area (Å²) in [6.07, 6.45) is 1.06. The van der Waals surface area contributed by atoms with E-state index in [4.69, 9.17) is 16.7 Å². The lowest BCUT2D eigenvalue weighted by Gasteiger charge is -2.07. The minimum absolute atomic E-state index is 0.00433. The van der Waals surface area contributed by atoms with Crippen LogP contribution < -0.4 is 5.32 Å². The lowest BCUT2D eigenvalue weighted by molar-refractivity contribution is 0.0696. The Bertz CT molecular complexity index is 674. The summed E-state index contributed by atoms with van der Waals surface area (Å²) in [4.78, 5) is 26.2. The maximum Gasteiger partial charge on any atom is 0.337 e. The lowest BCUT2D eigenvalue weighted by atomic mass is 10.2. The van der Waals surface area contributed by atoms with Crippen molar-refractivity contribution in [2.45, 2.75) is 0 Å². The number of carbonyl (C=O) groups is 2. The molecule has 7 heteroatoms. The Morgan fingerprint density at radius 3 is 2.60 bits per heavy atom. The molecule has 1 amide bonds. The first-order valence-corrected chi connectivity index (χ1v) is 5.81. The quantitative estimate of drug-likeness (QED) is 0.912. The number of amides is 1. The van der Waals surface area contributed by atoms with Gasteiger partial charge in [-0.2, -0.15) is 0 Å². The number of aromatic nitrogens is 1. The summed E-state index contributed by atoms with van der Waals surface area (Å²) in [6.45, 7) is 0. The number of rotatable bonds is 3. The van der Waals surface area contributed by atoms with E-state index in [1.54, 1.807) is 0 Å². The minimum atomic E-state index is -1.14. The monoisotopic (exact) mass is 294 g/mol. The second-order valence-electron chi connectivity index (χ2n) is 3.82. The summed E-state index contributed by atoms with van der Waals surface area (Å²) in [5, 5.41) is 11.3. The number of aromatic carboxylic acids is 1. The second kappa shape index (κ2) is 5.66. The third-order valence-electron chi connectivity index (χ3n) is 2.42. The van der Waals surface area contributed by atoms with Crippen LogP contribution in [0.1, 0.15) is 20.8 Å². The summed E-state index contributed by atoms with van der Waals surface area (Å²) in [5.41, 5.74) is 0.0708. The number of carboxylic acid groups (broad SMARTS) is 1. The molecule has 0 radical (unpaired) electrons. The molecule has 0 saturated heterocycles. The number of benzene rings is 1. The molecule has 102 valence electrons. The third-order valence-corrected chi connectivity index (χ3v) is 2.75. The van der Waals surface area contributed by atoms with Gasteiger partial charge in [-0.1, -0.05) is 11.6 Å². The van der Waals surface area contributed by atoms with E-state index in [-0.39, 0.29) is 22.0 Å². The maximum atomic E-state index is 13.1. The summed E-state index contributed by atoms with van der Waals surface area (Å²) in [5.74, 6) is -2.30. The molecule has 0 aliphatic carbocycles. The highest BCUT2D eigenvalue weighted by atomic mass is 35.5. The average Bonchev–Trinajstić information content (AvgIpc) is 2.43. The van der Waals surface area contributed by atoms with Gasteiger partial charge in [0, 0.05) is 6.20 Å². The Morgan fingerprint density at radius 1 is 1.25 bits per heavy atom. The van der Waals surface area contributed by atoms with Crippen LogP contribution in [0.5, 0.6) is 0 Å². The molecule has 1 aromatic heterocycles. The molecule has 2 N–H and O–H groups in total. The fraction of sp³-hybridized carbons (Fsp3) is 0. The van der Waals surface area contributed by atoms with Crippen LogP contribution in [0.4, 0.5) is 10.1 Å². The zero-order chi connectivity index (χ0) is 14.7. The normalized spacial score (nSPS) is 10.1. The molecule has 0 aliphatic rings. The van der Waals surface area contributed by atoms with E-state index in [1.807, 2.05) is 0 Å². The van der Waals surface area contributed by atoms with Crippen molar-refractivity contribution in [3.63, 3.8) is 0 Å². The number of anilines is 1. The number of carbonyl (C=O) groups excluding carboxylic acids is 1. The number of nitrogens with one attached hydrogen (secondary N) is 1. The van der Waals surface area contributed by atoms with Crippen LogP contribution in [0.25, 0.3) is 0 Å². The maximum absolute atomic E-state index is 13.1. The van der Waals surface area contributed by atoms with Gasteiger partial charge >= 0.3 is 5.97 Å². The van der Waals surface area contributed by atoms with Gasteiger partial charge in [0.15, 0.2) is 0 Å². The standard InChI is InChI=1S/C13H8ClFN2O3/c14-9-3-2-8(15)5-11(9)17-12(18)10-4-1-7(6-16-10)13(19)20/h1-6H,(H,17,18)(H,19,20). The van der Waals surface area contributed by atoms with E-state index < -0.39 is 17.7 Å². The van der Waals surface area contributed by atoms with Gasteiger partial charge in [0.25, 0.3) is 5.91 Å². The van der Waals surface area contributed by atoms with Crippen molar-refractivity contribution in [1.82, 2.24) is 4.98 Å². The van der Waals surface area contributed by atoms with Crippen LogP contribution in [-0.4, -0.2) is 22.0 Å². The summed E-state index contributed by atoms with van der Waals surface area (Å²) in [6, 6.07) is 6.06. The van der Waals surface area contributed by atoms with Gasteiger partial charge in [0.05, 0.1) is 16.3 Å². The van der Waals surface area contributed by atoms with Gasteiger partial charge in [0.2, 0.25) is 0 Å². The van der Waals surface area contributed by atoms with Gasteiger partial charge in [-0.3, -0.25) is 9.78 Å². The van der Waals surface area contributed by atoms with Crippen LogP contribution in [0, 0.1) is 5.82 Å². The molecule has 0 atom stereocenters. The van der Waals surface area contributed by atoms with E-state index in [0.717, 1.165) is 18.3 Å². The van der Waals surface area contributed by atoms with Crippen molar-refractivity contribution in [3.05, 3.63) is 58.6 Å². The molecule has 2 aromatic rings. The first kappa shape index (κ1) is 14.0. The van der Waals surface area contributed by atoms with Crippen molar-refractivity contribution in [3.8, 4) is 0 Å². The van der Waals surface area contributed by atoms with Crippen molar-refractivity contribution in [2.24, 2.45) is 0 Å². The summed E-state index contributed by atoms with van der Waals surface area (Å²) in [7, 11) is 0. The van der Waals surface area contributed by atoms with Crippen molar-refractivity contribution < 1.29 is 19.1 Å². The molecular formula is C13H8ClFN2O3. The smallest absolute Gasteiger partial charge is 0.337 e. The molecule has 20 heavy (non-hydrogen) atoms. The third kappa shape index (κ3) is 3.10. The topological polar surface area (TPSA) is 79.3 Å².